The van der Waals surface area contributed by atoms with Gasteiger partial charge in [-0.05, 0) is 60.2 Å². The molecule has 4 aliphatic heterocycles. The number of carbonyl (C=O) groups excluding carboxylic acids is 3. The van der Waals surface area contributed by atoms with Gasteiger partial charge < -0.3 is 29.7 Å². The molecule has 1 spiro atoms. The molecular weight excluding hydrogens is 558 g/mol. The van der Waals surface area contributed by atoms with E-state index in [9.17, 15) is 14.4 Å². The van der Waals surface area contributed by atoms with Crippen molar-refractivity contribution in [2.24, 2.45) is 23.7 Å². The van der Waals surface area contributed by atoms with Gasteiger partial charge in [-0.15, -0.1) is 0 Å². The number of rotatable bonds is 6. The highest BCUT2D eigenvalue weighted by Gasteiger charge is 2.72. The van der Waals surface area contributed by atoms with Crippen LogP contribution in [0, 0.1) is 23.7 Å². The highest BCUT2D eigenvalue weighted by Crippen LogP contribution is 2.55. The summed E-state index contributed by atoms with van der Waals surface area (Å²) in [6, 6.07) is 11.4. The smallest absolute Gasteiger partial charge is 0.246 e. The summed E-state index contributed by atoms with van der Waals surface area (Å²) in [6.45, 7) is 4.70. The van der Waals surface area contributed by atoms with E-state index in [0.717, 1.165) is 24.8 Å². The van der Waals surface area contributed by atoms with Gasteiger partial charge in [0.05, 0.1) is 17.9 Å². The Labute approximate surface area is 249 Å². The topological polar surface area (TPSA) is 106 Å². The highest BCUT2D eigenvalue weighted by atomic mass is 35.5. The van der Waals surface area contributed by atoms with Crippen molar-refractivity contribution in [3.05, 3.63) is 65.2 Å². The monoisotopic (exact) mass is 591 g/mol. The molecular formula is C32H34ClN3O6. The predicted octanol–water partition coefficient (Wildman–Crippen LogP) is 4.30. The Morgan fingerprint density at radius 3 is 2.64 bits per heavy atom. The van der Waals surface area contributed by atoms with E-state index in [1.807, 2.05) is 30.4 Å². The van der Waals surface area contributed by atoms with E-state index < -0.39 is 29.6 Å². The molecule has 10 heteroatoms. The van der Waals surface area contributed by atoms with Gasteiger partial charge in [-0.25, -0.2) is 0 Å². The fraction of sp³-hybridized carbons (Fsp3) is 0.469. The van der Waals surface area contributed by atoms with Gasteiger partial charge in [0, 0.05) is 23.3 Å². The van der Waals surface area contributed by atoms with Crippen LogP contribution in [0.4, 0.5) is 5.69 Å². The average Bonchev–Trinajstić information content (AvgIpc) is 3.73. The number of hydrogen-bond acceptors (Lipinski definition) is 6. The van der Waals surface area contributed by atoms with Crippen molar-refractivity contribution in [3.63, 3.8) is 0 Å². The minimum Gasteiger partial charge on any atom is -0.454 e. The van der Waals surface area contributed by atoms with Crippen LogP contribution in [-0.4, -0.2) is 53.2 Å². The van der Waals surface area contributed by atoms with Gasteiger partial charge >= 0.3 is 0 Å². The predicted molar refractivity (Wildman–Crippen MR) is 155 cm³/mol. The maximum Gasteiger partial charge on any atom is 0.246 e. The molecule has 2 N–H and O–H groups in total. The summed E-state index contributed by atoms with van der Waals surface area (Å²) in [6.07, 6.45) is 6.12. The van der Waals surface area contributed by atoms with E-state index in [1.165, 1.54) is 0 Å². The molecule has 1 aliphatic carbocycles. The maximum atomic E-state index is 14.3. The highest BCUT2D eigenvalue weighted by molar-refractivity contribution is 6.30. The number of halogens is 1. The van der Waals surface area contributed by atoms with Gasteiger partial charge in [0.2, 0.25) is 24.5 Å². The first kappa shape index (κ1) is 27.3. The number of amides is 3. The van der Waals surface area contributed by atoms with Crippen molar-refractivity contribution in [1.29, 1.82) is 0 Å². The minimum absolute atomic E-state index is 0.00535. The average molecular weight is 592 g/mol. The number of fused-ring (bicyclic) bond motifs is 2. The van der Waals surface area contributed by atoms with Crippen molar-refractivity contribution >= 4 is 35.0 Å². The third-order valence-electron chi connectivity index (χ3n) is 9.86. The summed E-state index contributed by atoms with van der Waals surface area (Å²) < 4.78 is 17.5. The fourth-order valence-electron chi connectivity index (χ4n) is 7.48. The van der Waals surface area contributed by atoms with Crippen LogP contribution in [-0.2, 0) is 25.7 Å². The summed E-state index contributed by atoms with van der Waals surface area (Å²) in [7, 11) is 0. The number of hydrogen-bond donors (Lipinski definition) is 2. The Morgan fingerprint density at radius 1 is 1.05 bits per heavy atom. The van der Waals surface area contributed by atoms with Gasteiger partial charge in [-0.3, -0.25) is 14.4 Å². The summed E-state index contributed by atoms with van der Waals surface area (Å²) in [5.74, 6) is -0.445. The van der Waals surface area contributed by atoms with Crippen LogP contribution >= 0.6 is 11.6 Å². The van der Waals surface area contributed by atoms with Crippen LogP contribution in [0.1, 0.15) is 38.7 Å². The van der Waals surface area contributed by atoms with Crippen LogP contribution in [0.5, 0.6) is 11.5 Å². The molecule has 3 fully saturated rings. The number of carbonyl (C=O) groups is 3. The second-order valence-electron chi connectivity index (χ2n) is 12.2. The summed E-state index contributed by atoms with van der Waals surface area (Å²) in [5.41, 5.74) is 0.123. The van der Waals surface area contributed by atoms with Crippen molar-refractivity contribution < 1.29 is 28.6 Å². The van der Waals surface area contributed by atoms with E-state index >= 15 is 0 Å². The molecule has 1 saturated carbocycles. The number of nitrogens with one attached hydrogen (secondary N) is 2. The van der Waals surface area contributed by atoms with Gasteiger partial charge in [-0.1, -0.05) is 56.5 Å². The van der Waals surface area contributed by atoms with Crippen LogP contribution in [0.2, 0.25) is 5.02 Å². The van der Waals surface area contributed by atoms with E-state index in [2.05, 4.69) is 24.5 Å². The second kappa shape index (κ2) is 10.3. The molecule has 2 aromatic rings. The number of benzene rings is 2. The van der Waals surface area contributed by atoms with Crippen molar-refractivity contribution in [2.75, 3.05) is 12.1 Å². The first-order valence-electron chi connectivity index (χ1n) is 14.7. The lowest BCUT2D eigenvalue weighted by Gasteiger charge is -2.38. The van der Waals surface area contributed by atoms with Gasteiger partial charge in [0.25, 0.3) is 0 Å². The molecule has 8 atom stereocenters. The van der Waals surface area contributed by atoms with Crippen LogP contribution in [0.3, 0.4) is 0 Å². The third kappa shape index (κ3) is 4.36. The first-order chi connectivity index (χ1) is 20.2. The fourth-order valence-corrected chi connectivity index (χ4v) is 7.61. The van der Waals surface area contributed by atoms with E-state index in [0.29, 0.717) is 34.0 Å². The summed E-state index contributed by atoms with van der Waals surface area (Å²) in [5, 5.41) is 6.77. The lowest BCUT2D eigenvalue weighted by Crippen LogP contribution is -2.57. The molecule has 2 aromatic carbocycles. The van der Waals surface area contributed by atoms with Crippen LogP contribution < -0.4 is 20.1 Å². The van der Waals surface area contributed by atoms with E-state index in [4.69, 9.17) is 25.8 Å². The Balaban J connectivity index is 1.21. The Hall–Kier alpha value is -3.56. The molecule has 9 nitrogen and oxygen atoms in total. The van der Waals surface area contributed by atoms with E-state index in [-0.39, 0.29) is 37.1 Å². The lowest BCUT2D eigenvalue weighted by atomic mass is 9.73. The standard InChI is InChI=1S/C32H34ClN3O6/c1-17-4-3-5-22(18(17)2)35-30(38)28-32-13-12-24(42-32)26(29(37)34-21-9-7-20(33)8-10-21)27(32)31(39)36(28)15-19-6-11-23-25(14-19)41-16-40-23/h6-14,17-18,22,24,26-28H,3-5,15-16H2,1-2H3,(H,34,37)(H,35,38). The largest absolute Gasteiger partial charge is 0.454 e. The molecule has 0 radical (unpaired) electrons. The quantitative estimate of drug-likeness (QED) is 0.485. The van der Waals surface area contributed by atoms with Crippen molar-refractivity contribution in [2.45, 2.75) is 63.4 Å². The Morgan fingerprint density at radius 2 is 1.83 bits per heavy atom. The molecule has 2 saturated heterocycles. The Bertz CT molecular complexity index is 1460. The van der Waals surface area contributed by atoms with Crippen molar-refractivity contribution in [1.82, 2.24) is 10.2 Å². The van der Waals surface area contributed by atoms with Crippen molar-refractivity contribution in [3.8, 4) is 11.5 Å². The summed E-state index contributed by atoms with van der Waals surface area (Å²) in [4.78, 5) is 43.8. The zero-order valence-corrected chi connectivity index (χ0v) is 24.3. The van der Waals surface area contributed by atoms with Crippen LogP contribution in [0.25, 0.3) is 0 Å². The number of ether oxygens (including phenoxy) is 3. The molecule has 5 aliphatic rings. The molecule has 7 rings (SSSR count). The zero-order valence-electron chi connectivity index (χ0n) is 23.5. The molecule has 0 aromatic heterocycles. The number of likely N-dealkylation sites (tertiary alicyclic amines) is 1. The van der Waals surface area contributed by atoms with Gasteiger partial charge in [0.1, 0.15) is 11.6 Å². The van der Waals surface area contributed by atoms with Gasteiger partial charge in [-0.2, -0.15) is 0 Å². The molecule has 8 unspecified atom stereocenters. The molecule has 3 amide bonds. The lowest BCUT2D eigenvalue weighted by molar-refractivity contribution is -0.142. The molecule has 2 bridgehead atoms. The second-order valence-corrected chi connectivity index (χ2v) is 12.7. The maximum absolute atomic E-state index is 14.3. The minimum atomic E-state index is -1.24. The third-order valence-corrected chi connectivity index (χ3v) is 10.1. The molecule has 4 heterocycles. The molecule has 42 heavy (non-hydrogen) atoms. The summed E-state index contributed by atoms with van der Waals surface area (Å²) >= 11 is 6.02. The first-order valence-corrected chi connectivity index (χ1v) is 15.1. The van der Waals surface area contributed by atoms with E-state index in [1.54, 1.807) is 29.2 Å². The normalized spacial score (nSPS) is 34.0. The van der Waals surface area contributed by atoms with Gasteiger partial charge in [0.15, 0.2) is 11.5 Å². The zero-order chi connectivity index (χ0) is 29.2. The number of anilines is 1. The van der Waals surface area contributed by atoms with Crippen LogP contribution in [0.15, 0.2) is 54.6 Å². The SMILES string of the molecule is CC1CCCC(NC(=O)C2N(Cc3ccc4c(c3)OCO4)C(=O)C3C(C(=O)Nc4ccc(Cl)cc4)C4C=CC32O4)C1C. The number of nitrogens with zero attached hydrogens (tertiary/aromatic N) is 1. The Kier molecular flexibility index (Phi) is 6.70. The molecule has 220 valence electrons.